The summed E-state index contributed by atoms with van der Waals surface area (Å²) in [5.41, 5.74) is 2.81. The second-order valence-electron chi connectivity index (χ2n) is 13.3. The lowest BCUT2D eigenvalue weighted by Gasteiger charge is -2.34. The summed E-state index contributed by atoms with van der Waals surface area (Å²) in [5, 5.41) is 6.59. The van der Waals surface area contributed by atoms with Gasteiger partial charge in [-0.05, 0) is 83.9 Å². The van der Waals surface area contributed by atoms with Gasteiger partial charge in [0.05, 0.1) is 12.2 Å². The Hall–Kier alpha value is -4.09. The van der Waals surface area contributed by atoms with Gasteiger partial charge in [0.15, 0.2) is 0 Å². The molecule has 3 aromatic rings. The molecular formula is C34H47N7O4. The van der Waals surface area contributed by atoms with Gasteiger partial charge in [0.1, 0.15) is 17.0 Å². The predicted octanol–water partition coefficient (Wildman–Crippen LogP) is 5.28. The zero-order valence-corrected chi connectivity index (χ0v) is 27.4. The van der Waals surface area contributed by atoms with E-state index in [1.807, 2.05) is 71.9 Å². The van der Waals surface area contributed by atoms with Crippen LogP contribution in [0, 0.1) is 0 Å². The summed E-state index contributed by atoms with van der Waals surface area (Å²) in [4.78, 5) is 42.2. The molecule has 242 valence electrons. The Kier molecular flexibility index (Phi) is 11.5. The smallest absolute Gasteiger partial charge is 0.320 e. The van der Waals surface area contributed by atoms with E-state index >= 15 is 0 Å². The summed E-state index contributed by atoms with van der Waals surface area (Å²) in [5.74, 6) is 0.871. The van der Waals surface area contributed by atoms with Crippen molar-refractivity contribution in [2.24, 2.45) is 0 Å². The first kappa shape index (κ1) is 33.8. The minimum atomic E-state index is -0.466. The van der Waals surface area contributed by atoms with Gasteiger partial charge in [0.2, 0.25) is 5.95 Å². The number of carbonyl (C=O) groups excluding carboxylic acids is 2. The fourth-order valence-corrected chi connectivity index (χ4v) is 4.87. The maximum absolute atomic E-state index is 12.2. The SMILES string of the molecule is CC(C)(C)OC(=O)CCCNc1ccc(-c2ccnc(Nc3cccc(CN4CCN(CC(=O)OC(C)(C)C)CC4)c3)n2)cn1. The van der Waals surface area contributed by atoms with Crippen molar-refractivity contribution in [3.8, 4) is 11.3 Å². The van der Waals surface area contributed by atoms with Crippen molar-refractivity contribution < 1.29 is 19.1 Å². The molecule has 0 amide bonds. The summed E-state index contributed by atoms with van der Waals surface area (Å²) in [7, 11) is 0. The third kappa shape index (κ3) is 12.1. The van der Waals surface area contributed by atoms with Crippen molar-refractivity contribution in [1.29, 1.82) is 0 Å². The Balaban J connectivity index is 1.25. The van der Waals surface area contributed by atoms with Crippen molar-refractivity contribution in [3.63, 3.8) is 0 Å². The maximum atomic E-state index is 12.2. The molecule has 11 nitrogen and oxygen atoms in total. The predicted molar refractivity (Wildman–Crippen MR) is 176 cm³/mol. The van der Waals surface area contributed by atoms with E-state index in [-0.39, 0.29) is 11.9 Å². The highest BCUT2D eigenvalue weighted by molar-refractivity contribution is 5.72. The molecule has 3 heterocycles. The van der Waals surface area contributed by atoms with E-state index in [1.165, 1.54) is 5.56 Å². The van der Waals surface area contributed by atoms with Gasteiger partial charge < -0.3 is 20.1 Å². The molecule has 0 unspecified atom stereocenters. The fraction of sp³-hybridized carbons (Fsp3) is 0.500. The number of nitrogens with zero attached hydrogens (tertiary/aromatic N) is 5. The molecule has 1 aromatic carbocycles. The highest BCUT2D eigenvalue weighted by Crippen LogP contribution is 2.21. The van der Waals surface area contributed by atoms with Crippen molar-refractivity contribution >= 4 is 29.4 Å². The monoisotopic (exact) mass is 617 g/mol. The number of anilines is 3. The summed E-state index contributed by atoms with van der Waals surface area (Å²) in [6.07, 6.45) is 4.52. The zero-order chi connectivity index (χ0) is 32.5. The second-order valence-corrected chi connectivity index (χ2v) is 13.3. The van der Waals surface area contributed by atoms with Crippen LogP contribution in [0.3, 0.4) is 0 Å². The van der Waals surface area contributed by atoms with Crippen LogP contribution in [0.15, 0.2) is 54.9 Å². The molecule has 1 saturated heterocycles. The second kappa shape index (κ2) is 15.3. The van der Waals surface area contributed by atoms with Gasteiger partial charge in [-0.1, -0.05) is 12.1 Å². The average molecular weight is 618 g/mol. The Labute approximate surface area is 266 Å². The minimum Gasteiger partial charge on any atom is -0.460 e. The molecule has 0 aliphatic carbocycles. The normalized spacial score (nSPS) is 14.5. The third-order valence-corrected chi connectivity index (χ3v) is 6.83. The Bertz CT molecular complexity index is 1410. The van der Waals surface area contributed by atoms with Gasteiger partial charge in [-0.2, -0.15) is 0 Å². The van der Waals surface area contributed by atoms with Crippen LogP contribution >= 0.6 is 0 Å². The summed E-state index contributed by atoms with van der Waals surface area (Å²) >= 11 is 0. The van der Waals surface area contributed by atoms with Crippen LogP contribution in [0.1, 0.15) is 59.9 Å². The highest BCUT2D eigenvalue weighted by Gasteiger charge is 2.22. The number of pyridine rings is 1. The van der Waals surface area contributed by atoms with E-state index in [1.54, 1.807) is 12.4 Å². The van der Waals surface area contributed by atoms with E-state index in [2.05, 4.69) is 42.5 Å². The minimum absolute atomic E-state index is 0.171. The molecule has 4 rings (SSSR count). The van der Waals surface area contributed by atoms with E-state index < -0.39 is 11.2 Å². The Morgan fingerprint density at radius 1 is 0.867 bits per heavy atom. The first-order valence-corrected chi connectivity index (χ1v) is 15.6. The standard InChI is InChI=1S/C34H47N7O4/c1-33(2,3)44-30(42)11-8-15-35-29-13-12-26(22-37-29)28-14-16-36-32(39-28)38-27-10-7-9-25(21-27)23-40-17-19-41(20-18-40)24-31(43)45-34(4,5)6/h7,9-10,12-14,16,21-22H,8,11,15,17-20,23-24H2,1-6H3,(H,35,37)(H,36,38,39). The number of benzene rings is 1. The first-order chi connectivity index (χ1) is 21.3. The number of piperazine rings is 1. The molecule has 2 N–H and O–H groups in total. The van der Waals surface area contributed by atoms with E-state index in [9.17, 15) is 9.59 Å². The summed E-state index contributed by atoms with van der Waals surface area (Å²) < 4.78 is 10.8. The van der Waals surface area contributed by atoms with E-state index in [0.717, 1.165) is 55.5 Å². The quantitative estimate of drug-likeness (QED) is 0.204. The molecular weight excluding hydrogens is 570 g/mol. The molecule has 2 aromatic heterocycles. The number of esters is 2. The van der Waals surface area contributed by atoms with Crippen molar-refractivity contribution in [2.75, 3.05) is 49.9 Å². The van der Waals surface area contributed by atoms with Crippen LogP contribution in [0.5, 0.6) is 0 Å². The number of ether oxygens (including phenoxy) is 2. The van der Waals surface area contributed by atoms with Gasteiger partial charge in [-0.15, -0.1) is 0 Å². The Morgan fingerprint density at radius 3 is 2.27 bits per heavy atom. The van der Waals surface area contributed by atoms with Gasteiger partial charge in [0, 0.05) is 69.3 Å². The third-order valence-electron chi connectivity index (χ3n) is 6.83. The molecule has 1 aliphatic rings. The number of hydrogen-bond acceptors (Lipinski definition) is 11. The molecule has 0 spiro atoms. The van der Waals surface area contributed by atoms with Crippen LogP contribution in [0.4, 0.5) is 17.5 Å². The van der Waals surface area contributed by atoms with Crippen LogP contribution in [-0.4, -0.2) is 87.2 Å². The number of hydrogen-bond donors (Lipinski definition) is 2. The summed E-state index contributed by atoms with van der Waals surface area (Å²) in [6, 6.07) is 14.0. The molecule has 1 aliphatic heterocycles. The van der Waals surface area contributed by atoms with Crippen LogP contribution in [-0.2, 0) is 25.6 Å². The maximum Gasteiger partial charge on any atom is 0.320 e. The molecule has 0 bridgehead atoms. The van der Waals surface area contributed by atoms with Crippen LogP contribution in [0.2, 0.25) is 0 Å². The topological polar surface area (TPSA) is 122 Å². The van der Waals surface area contributed by atoms with Crippen molar-refractivity contribution in [3.05, 3.63) is 60.4 Å². The van der Waals surface area contributed by atoms with E-state index in [0.29, 0.717) is 31.9 Å². The molecule has 0 radical (unpaired) electrons. The van der Waals surface area contributed by atoms with Crippen LogP contribution < -0.4 is 10.6 Å². The van der Waals surface area contributed by atoms with Gasteiger partial charge in [-0.3, -0.25) is 19.4 Å². The molecule has 1 fully saturated rings. The lowest BCUT2D eigenvalue weighted by molar-refractivity contribution is -0.157. The van der Waals surface area contributed by atoms with E-state index in [4.69, 9.17) is 14.5 Å². The lowest BCUT2D eigenvalue weighted by atomic mass is 10.1. The zero-order valence-electron chi connectivity index (χ0n) is 27.4. The first-order valence-electron chi connectivity index (χ1n) is 15.6. The Morgan fingerprint density at radius 2 is 1.58 bits per heavy atom. The van der Waals surface area contributed by atoms with Crippen molar-refractivity contribution in [2.45, 2.75) is 72.1 Å². The number of rotatable bonds is 12. The van der Waals surface area contributed by atoms with Crippen LogP contribution in [0.25, 0.3) is 11.3 Å². The molecule has 45 heavy (non-hydrogen) atoms. The lowest BCUT2D eigenvalue weighted by Crippen LogP contribution is -2.48. The largest absolute Gasteiger partial charge is 0.460 e. The van der Waals surface area contributed by atoms with Gasteiger partial charge in [-0.25, -0.2) is 15.0 Å². The number of carbonyl (C=O) groups is 2. The fourth-order valence-electron chi connectivity index (χ4n) is 4.87. The van der Waals surface area contributed by atoms with Gasteiger partial charge in [0.25, 0.3) is 0 Å². The molecule has 11 heteroatoms. The van der Waals surface area contributed by atoms with Crippen molar-refractivity contribution in [1.82, 2.24) is 24.8 Å². The summed E-state index contributed by atoms with van der Waals surface area (Å²) in [6.45, 7) is 16.5. The number of aromatic nitrogens is 3. The van der Waals surface area contributed by atoms with Gasteiger partial charge >= 0.3 is 11.9 Å². The highest BCUT2D eigenvalue weighted by atomic mass is 16.6. The molecule has 0 saturated carbocycles. The molecule has 0 atom stereocenters. The average Bonchev–Trinajstić information content (AvgIpc) is 2.95. The number of nitrogens with one attached hydrogen (secondary N) is 2.